The van der Waals surface area contributed by atoms with Crippen molar-refractivity contribution >= 4 is 16.1 Å². The molecule has 0 amide bonds. The summed E-state index contributed by atoms with van der Waals surface area (Å²) in [5, 5.41) is 1.25. The van der Waals surface area contributed by atoms with E-state index in [1.165, 1.54) is 5.41 Å². The van der Waals surface area contributed by atoms with E-state index in [2.05, 4.69) is 9.62 Å². The van der Waals surface area contributed by atoms with Crippen LogP contribution in [0.25, 0.3) is 6.08 Å². The van der Waals surface area contributed by atoms with E-state index < -0.39 is 10.0 Å². The molecule has 1 saturated heterocycles. The molecule has 1 aromatic carbocycles. The van der Waals surface area contributed by atoms with Crippen molar-refractivity contribution in [2.45, 2.75) is 12.8 Å². The first-order chi connectivity index (χ1) is 11.1. The van der Waals surface area contributed by atoms with Crippen LogP contribution in [-0.2, 0) is 14.8 Å². The number of rotatable bonds is 8. The lowest BCUT2D eigenvalue weighted by atomic mass is 9.97. The van der Waals surface area contributed by atoms with Gasteiger partial charge in [0.25, 0.3) is 0 Å². The van der Waals surface area contributed by atoms with Crippen molar-refractivity contribution < 1.29 is 13.2 Å². The lowest BCUT2D eigenvalue weighted by Gasteiger charge is -2.31. The zero-order chi connectivity index (χ0) is 16.5. The Hall–Kier alpha value is -1.21. The molecule has 128 valence electrons. The van der Waals surface area contributed by atoms with Crippen LogP contribution >= 0.6 is 0 Å². The van der Waals surface area contributed by atoms with Crippen molar-refractivity contribution in [1.29, 1.82) is 0 Å². The van der Waals surface area contributed by atoms with Gasteiger partial charge in [0.1, 0.15) is 0 Å². The molecule has 1 fully saturated rings. The van der Waals surface area contributed by atoms with Crippen molar-refractivity contribution in [3.8, 4) is 0 Å². The standard InChI is InChI=1S/C17H26N2O3S/c1-22-13-12-19-10-7-17(8-11-19)15-18-23(20,21)14-9-16-5-3-2-4-6-16/h2-6,9,14,17-18H,7-8,10-13,15H2,1H3/b14-9+. The number of methoxy groups -OCH3 is 1. The van der Waals surface area contributed by atoms with Gasteiger partial charge in [-0.05, 0) is 43.5 Å². The number of hydrogen-bond acceptors (Lipinski definition) is 4. The maximum atomic E-state index is 12.0. The molecule has 1 heterocycles. The normalized spacial score (nSPS) is 17.8. The van der Waals surface area contributed by atoms with Crippen LogP contribution in [0.4, 0.5) is 0 Å². The molecule has 6 heteroatoms. The SMILES string of the molecule is COCCN1CCC(CNS(=O)(=O)/C=C/c2ccccc2)CC1. The van der Waals surface area contributed by atoms with Crippen LogP contribution in [-0.4, -0.2) is 53.2 Å². The van der Waals surface area contributed by atoms with E-state index in [1.54, 1.807) is 13.2 Å². The Morgan fingerprint density at radius 3 is 2.61 bits per heavy atom. The van der Waals surface area contributed by atoms with E-state index in [0.717, 1.165) is 44.6 Å². The van der Waals surface area contributed by atoms with E-state index in [0.29, 0.717) is 12.5 Å². The summed E-state index contributed by atoms with van der Waals surface area (Å²) in [5.74, 6) is 0.411. The second-order valence-corrected chi connectivity index (χ2v) is 7.54. The van der Waals surface area contributed by atoms with Crippen LogP contribution < -0.4 is 4.72 Å². The van der Waals surface area contributed by atoms with Gasteiger partial charge < -0.3 is 9.64 Å². The van der Waals surface area contributed by atoms with Crippen molar-refractivity contribution in [2.24, 2.45) is 5.92 Å². The highest BCUT2D eigenvalue weighted by Gasteiger charge is 2.20. The molecule has 1 aliphatic rings. The molecule has 0 radical (unpaired) electrons. The van der Waals surface area contributed by atoms with Gasteiger partial charge in [0.2, 0.25) is 10.0 Å². The summed E-state index contributed by atoms with van der Waals surface area (Å²) in [6, 6.07) is 9.43. The summed E-state index contributed by atoms with van der Waals surface area (Å²) in [5.41, 5.74) is 0.879. The quantitative estimate of drug-likeness (QED) is 0.787. The number of benzene rings is 1. The average Bonchev–Trinajstić information content (AvgIpc) is 2.58. The second-order valence-electron chi connectivity index (χ2n) is 5.88. The average molecular weight is 338 g/mol. The molecule has 1 aliphatic heterocycles. The second kappa shape index (κ2) is 9.17. The van der Waals surface area contributed by atoms with E-state index >= 15 is 0 Å². The Bertz CT molecular complexity index is 579. The zero-order valence-corrected chi connectivity index (χ0v) is 14.5. The maximum Gasteiger partial charge on any atom is 0.233 e. The molecule has 0 atom stereocenters. The van der Waals surface area contributed by atoms with E-state index in [1.807, 2.05) is 30.3 Å². The lowest BCUT2D eigenvalue weighted by molar-refractivity contribution is 0.121. The third kappa shape index (κ3) is 6.83. The monoisotopic (exact) mass is 338 g/mol. The number of likely N-dealkylation sites (tertiary alicyclic amines) is 1. The van der Waals surface area contributed by atoms with Gasteiger partial charge >= 0.3 is 0 Å². The number of hydrogen-bond donors (Lipinski definition) is 1. The number of piperidine rings is 1. The van der Waals surface area contributed by atoms with Crippen molar-refractivity contribution in [2.75, 3.05) is 39.9 Å². The molecule has 0 aromatic heterocycles. The van der Waals surface area contributed by atoms with E-state index in [4.69, 9.17) is 4.74 Å². The molecule has 0 unspecified atom stereocenters. The van der Waals surface area contributed by atoms with Gasteiger partial charge in [0.05, 0.1) is 6.61 Å². The molecular formula is C17H26N2O3S. The summed E-state index contributed by atoms with van der Waals surface area (Å²) in [6.07, 6.45) is 3.67. The molecule has 1 aromatic rings. The van der Waals surface area contributed by atoms with Crippen molar-refractivity contribution in [3.63, 3.8) is 0 Å². The number of sulfonamides is 1. The van der Waals surface area contributed by atoms with Crippen LogP contribution in [0.1, 0.15) is 18.4 Å². The predicted octanol–water partition coefficient (Wildman–Crippen LogP) is 1.94. The molecule has 0 saturated carbocycles. The molecule has 2 rings (SSSR count). The molecule has 0 spiro atoms. The largest absolute Gasteiger partial charge is 0.383 e. The third-order valence-corrected chi connectivity index (χ3v) is 5.19. The Kier molecular flexibility index (Phi) is 7.23. The first-order valence-electron chi connectivity index (χ1n) is 8.03. The third-order valence-electron chi connectivity index (χ3n) is 4.13. The molecule has 5 nitrogen and oxygen atoms in total. The molecule has 0 bridgehead atoms. The lowest BCUT2D eigenvalue weighted by Crippen LogP contribution is -2.39. The summed E-state index contributed by atoms with van der Waals surface area (Å²) in [7, 11) is -1.66. The minimum atomic E-state index is -3.37. The fourth-order valence-corrected chi connectivity index (χ4v) is 3.55. The van der Waals surface area contributed by atoms with Gasteiger partial charge in [-0.2, -0.15) is 0 Å². The Morgan fingerprint density at radius 2 is 1.96 bits per heavy atom. The Balaban J connectivity index is 1.74. The van der Waals surface area contributed by atoms with Crippen molar-refractivity contribution in [1.82, 2.24) is 9.62 Å². The van der Waals surface area contributed by atoms with Crippen LogP contribution in [0.2, 0.25) is 0 Å². The summed E-state index contributed by atoms with van der Waals surface area (Å²) in [4.78, 5) is 2.36. The fourth-order valence-electron chi connectivity index (χ4n) is 2.65. The molecule has 1 N–H and O–H groups in total. The first-order valence-corrected chi connectivity index (χ1v) is 9.58. The van der Waals surface area contributed by atoms with Gasteiger partial charge in [-0.15, -0.1) is 0 Å². The smallest absolute Gasteiger partial charge is 0.233 e. The van der Waals surface area contributed by atoms with Gasteiger partial charge in [0, 0.05) is 25.6 Å². The van der Waals surface area contributed by atoms with Crippen LogP contribution in [0, 0.1) is 5.92 Å². The Labute approximate surface area is 139 Å². The van der Waals surface area contributed by atoms with Crippen LogP contribution in [0.3, 0.4) is 0 Å². The topological polar surface area (TPSA) is 58.6 Å². The number of ether oxygens (including phenoxy) is 1. The Morgan fingerprint density at radius 1 is 1.26 bits per heavy atom. The highest BCUT2D eigenvalue weighted by atomic mass is 32.2. The van der Waals surface area contributed by atoms with Crippen LogP contribution in [0.15, 0.2) is 35.7 Å². The summed E-state index contributed by atoms with van der Waals surface area (Å²) in [6.45, 7) is 4.24. The van der Waals surface area contributed by atoms with E-state index in [-0.39, 0.29) is 0 Å². The molecule has 0 aliphatic carbocycles. The minimum absolute atomic E-state index is 0.411. The summed E-state index contributed by atoms with van der Waals surface area (Å²) < 4.78 is 31.8. The fraction of sp³-hybridized carbons (Fsp3) is 0.529. The highest BCUT2D eigenvalue weighted by Crippen LogP contribution is 2.16. The van der Waals surface area contributed by atoms with Gasteiger partial charge in [0.15, 0.2) is 0 Å². The zero-order valence-electron chi connectivity index (χ0n) is 13.6. The first kappa shape index (κ1) is 18.1. The van der Waals surface area contributed by atoms with Crippen molar-refractivity contribution in [3.05, 3.63) is 41.3 Å². The number of nitrogens with zero attached hydrogens (tertiary/aromatic N) is 1. The van der Waals surface area contributed by atoms with Gasteiger partial charge in [-0.25, -0.2) is 13.1 Å². The summed E-state index contributed by atoms with van der Waals surface area (Å²) >= 11 is 0. The molecular weight excluding hydrogens is 312 g/mol. The minimum Gasteiger partial charge on any atom is -0.383 e. The van der Waals surface area contributed by atoms with Gasteiger partial charge in [-0.1, -0.05) is 30.3 Å². The maximum absolute atomic E-state index is 12.0. The van der Waals surface area contributed by atoms with Gasteiger partial charge in [-0.3, -0.25) is 0 Å². The van der Waals surface area contributed by atoms with E-state index in [9.17, 15) is 8.42 Å². The molecule has 23 heavy (non-hydrogen) atoms. The number of nitrogens with one attached hydrogen (secondary N) is 1. The van der Waals surface area contributed by atoms with Crippen LogP contribution in [0.5, 0.6) is 0 Å². The predicted molar refractivity (Wildman–Crippen MR) is 93.4 cm³/mol. The highest BCUT2D eigenvalue weighted by molar-refractivity contribution is 7.92.